The van der Waals surface area contributed by atoms with Crippen LogP contribution in [-0.4, -0.2) is 10.2 Å². The number of hydrogen-bond acceptors (Lipinski definition) is 2. The van der Waals surface area contributed by atoms with Crippen LogP contribution in [0.1, 0.15) is 0 Å². The molecule has 2 aromatic rings. The van der Waals surface area contributed by atoms with Crippen molar-refractivity contribution < 1.29 is 0 Å². The molecular weight excluding hydrogens is 124 g/mol. The normalized spacial score (nSPS) is 10.0. The molecule has 0 aliphatic carbocycles. The van der Waals surface area contributed by atoms with E-state index in [1.807, 2.05) is 12.1 Å². The van der Waals surface area contributed by atoms with Crippen LogP contribution < -0.4 is 0 Å². The van der Waals surface area contributed by atoms with Gasteiger partial charge in [0, 0.05) is 5.39 Å². The number of rotatable bonds is 0. The maximum Gasteiger partial charge on any atom is 0.0936 e. The molecule has 0 unspecified atom stereocenters. The van der Waals surface area contributed by atoms with Gasteiger partial charge in [0.2, 0.25) is 0 Å². The maximum atomic E-state index is 3.88. The van der Waals surface area contributed by atoms with Crippen molar-refractivity contribution in [3.05, 3.63) is 36.5 Å². The van der Waals surface area contributed by atoms with E-state index in [0.717, 1.165) is 10.9 Å². The van der Waals surface area contributed by atoms with Gasteiger partial charge in [-0.2, -0.15) is 10.2 Å². The van der Waals surface area contributed by atoms with Crippen LogP contribution in [0.25, 0.3) is 10.9 Å². The Morgan fingerprint density at radius 3 is 3.00 bits per heavy atom. The van der Waals surface area contributed by atoms with E-state index in [0.29, 0.717) is 0 Å². The molecule has 0 spiro atoms. The molecule has 2 nitrogen and oxygen atoms in total. The Kier molecular flexibility index (Phi) is 1.10. The molecule has 0 fully saturated rings. The molecule has 46 valence electrons. The van der Waals surface area contributed by atoms with Crippen LogP contribution in [0, 0.1) is 12.1 Å². The molecule has 2 heteroatoms. The van der Waals surface area contributed by atoms with E-state index < -0.39 is 0 Å². The van der Waals surface area contributed by atoms with Crippen LogP contribution in [0.2, 0.25) is 0 Å². The van der Waals surface area contributed by atoms with Gasteiger partial charge >= 0.3 is 0 Å². The topological polar surface area (TPSA) is 25.8 Å². The summed E-state index contributed by atoms with van der Waals surface area (Å²) in [5.41, 5.74) is 0.862. The molecule has 10 heavy (non-hydrogen) atoms. The molecular formula is C8H4N2. The molecule has 2 rings (SSSR count). The summed E-state index contributed by atoms with van der Waals surface area (Å²) in [5.74, 6) is 0. The monoisotopic (exact) mass is 128 g/mol. The highest BCUT2D eigenvalue weighted by molar-refractivity contribution is 5.76. The predicted octanol–water partition coefficient (Wildman–Crippen LogP) is 1.23. The molecule has 0 aliphatic rings. The van der Waals surface area contributed by atoms with Gasteiger partial charge in [0.25, 0.3) is 0 Å². The minimum atomic E-state index is 0.862. The highest BCUT2D eigenvalue weighted by atomic mass is 15.1. The summed E-state index contributed by atoms with van der Waals surface area (Å²) in [6.45, 7) is 0. The van der Waals surface area contributed by atoms with Crippen molar-refractivity contribution in [3.8, 4) is 0 Å². The quantitative estimate of drug-likeness (QED) is 0.533. The summed E-state index contributed by atoms with van der Waals surface area (Å²) in [7, 11) is 0. The van der Waals surface area contributed by atoms with E-state index in [9.17, 15) is 0 Å². The second-order valence-corrected chi connectivity index (χ2v) is 1.95. The molecule has 0 amide bonds. The Hall–Kier alpha value is -1.44. The summed E-state index contributed by atoms with van der Waals surface area (Å²) < 4.78 is 0. The third-order valence-corrected chi connectivity index (χ3v) is 1.30. The third kappa shape index (κ3) is 0.739. The first-order chi connectivity index (χ1) is 4.97. The summed E-state index contributed by atoms with van der Waals surface area (Å²) >= 11 is 0. The minimum absolute atomic E-state index is 0.862. The number of hydrogen-bond donors (Lipinski definition) is 0. The number of aromatic nitrogens is 2. The fourth-order valence-corrected chi connectivity index (χ4v) is 0.816. The van der Waals surface area contributed by atoms with Gasteiger partial charge in [-0.3, -0.25) is 0 Å². The van der Waals surface area contributed by atoms with E-state index in [4.69, 9.17) is 0 Å². The molecule has 0 aliphatic heterocycles. The minimum Gasteiger partial charge on any atom is -0.159 e. The lowest BCUT2D eigenvalue weighted by Gasteiger charge is -1.89. The lowest BCUT2D eigenvalue weighted by Crippen LogP contribution is -1.79. The van der Waals surface area contributed by atoms with Crippen LogP contribution in [0.3, 0.4) is 0 Å². The first-order valence-electron chi connectivity index (χ1n) is 2.96. The van der Waals surface area contributed by atoms with Gasteiger partial charge in [0.05, 0.1) is 11.7 Å². The van der Waals surface area contributed by atoms with E-state index >= 15 is 0 Å². The Labute approximate surface area is 58.5 Å². The average molecular weight is 128 g/mol. The Balaban J connectivity index is 2.89. The van der Waals surface area contributed by atoms with Crippen molar-refractivity contribution in [2.75, 3.05) is 0 Å². The second-order valence-electron chi connectivity index (χ2n) is 1.95. The summed E-state index contributed by atoms with van der Waals surface area (Å²) in [4.78, 5) is 0. The molecule has 0 bridgehead atoms. The van der Waals surface area contributed by atoms with Gasteiger partial charge in [0.1, 0.15) is 0 Å². The van der Waals surface area contributed by atoms with Crippen LogP contribution in [-0.2, 0) is 0 Å². The molecule has 1 aromatic carbocycles. The highest BCUT2D eigenvalue weighted by Crippen LogP contribution is 2.05. The maximum absolute atomic E-state index is 3.88. The van der Waals surface area contributed by atoms with Crippen molar-refractivity contribution in [3.63, 3.8) is 0 Å². The predicted molar refractivity (Wildman–Crippen MR) is 37.2 cm³/mol. The summed E-state index contributed by atoms with van der Waals surface area (Å²) in [6.07, 6.45) is 1.66. The van der Waals surface area contributed by atoms with Gasteiger partial charge in [-0.25, -0.2) is 0 Å². The fraction of sp³-hybridized carbons (Fsp3) is 0. The van der Waals surface area contributed by atoms with E-state index in [-0.39, 0.29) is 0 Å². The second kappa shape index (κ2) is 2.06. The zero-order chi connectivity index (χ0) is 6.81. The Morgan fingerprint density at radius 1 is 1.20 bits per heavy atom. The lowest BCUT2D eigenvalue weighted by molar-refractivity contribution is 1.08. The Bertz CT molecular complexity index is 278. The van der Waals surface area contributed by atoms with Crippen molar-refractivity contribution in [1.82, 2.24) is 10.2 Å². The Morgan fingerprint density at radius 2 is 2.10 bits per heavy atom. The van der Waals surface area contributed by atoms with Crippen molar-refractivity contribution in [2.45, 2.75) is 0 Å². The molecule has 0 N–H and O–H groups in total. The van der Waals surface area contributed by atoms with Crippen LogP contribution in [0.15, 0.2) is 24.4 Å². The number of fused-ring (bicyclic) bond motifs is 1. The smallest absolute Gasteiger partial charge is 0.0936 e. The van der Waals surface area contributed by atoms with Crippen molar-refractivity contribution >= 4 is 10.9 Å². The third-order valence-electron chi connectivity index (χ3n) is 1.30. The highest BCUT2D eigenvalue weighted by Gasteiger charge is 1.88. The van der Waals surface area contributed by atoms with E-state index in [1.54, 1.807) is 12.3 Å². The van der Waals surface area contributed by atoms with Gasteiger partial charge in [-0.05, 0) is 30.3 Å². The van der Waals surface area contributed by atoms with E-state index in [2.05, 4.69) is 22.3 Å². The first-order valence-corrected chi connectivity index (χ1v) is 2.96. The van der Waals surface area contributed by atoms with Crippen LogP contribution in [0.5, 0.6) is 0 Å². The molecule has 0 atom stereocenters. The summed E-state index contributed by atoms with van der Waals surface area (Å²) in [6, 6.07) is 11.1. The lowest BCUT2D eigenvalue weighted by atomic mass is 10.2. The molecule has 0 saturated heterocycles. The number of benzene rings is 1. The summed E-state index contributed by atoms with van der Waals surface area (Å²) in [5, 5.41) is 8.66. The standard InChI is InChI=1S/C8H4N2/c1-2-4-8-7(3-1)5-6-9-10-8/h3-6H. The largest absolute Gasteiger partial charge is 0.159 e. The molecule has 1 heterocycles. The van der Waals surface area contributed by atoms with Gasteiger partial charge in [-0.1, -0.05) is 0 Å². The SMILES string of the molecule is [c]1[c]cc2nnccc2c1. The zero-order valence-electron chi connectivity index (χ0n) is 5.20. The number of nitrogens with zero attached hydrogens (tertiary/aromatic N) is 2. The van der Waals surface area contributed by atoms with Gasteiger partial charge in [-0.15, -0.1) is 0 Å². The molecule has 0 saturated carbocycles. The average Bonchev–Trinajstić information content (AvgIpc) is 2.05. The van der Waals surface area contributed by atoms with Gasteiger partial charge in [0.15, 0.2) is 0 Å². The first kappa shape index (κ1) is 5.35. The van der Waals surface area contributed by atoms with Crippen LogP contribution >= 0.6 is 0 Å². The van der Waals surface area contributed by atoms with Crippen molar-refractivity contribution in [1.29, 1.82) is 0 Å². The fourth-order valence-electron chi connectivity index (χ4n) is 0.816. The van der Waals surface area contributed by atoms with Crippen LogP contribution in [0.4, 0.5) is 0 Å². The van der Waals surface area contributed by atoms with Gasteiger partial charge < -0.3 is 0 Å². The zero-order valence-corrected chi connectivity index (χ0v) is 5.20. The molecule has 2 radical (unpaired) electrons. The molecule has 1 aromatic heterocycles. The van der Waals surface area contributed by atoms with Crippen molar-refractivity contribution in [2.24, 2.45) is 0 Å². The van der Waals surface area contributed by atoms with E-state index in [1.165, 1.54) is 0 Å².